The zero-order valence-electron chi connectivity index (χ0n) is 13.2. The fourth-order valence-electron chi connectivity index (χ4n) is 2.09. The van der Waals surface area contributed by atoms with Crippen LogP contribution in [0.4, 0.5) is 0 Å². The summed E-state index contributed by atoms with van der Waals surface area (Å²) in [5.41, 5.74) is -0.632. The second-order valence-corrected chi connectivity index (χ2v) is 5.01. The highest BCUT2D eigenvalue weighted by atomic mass is 16.5. The first-order valence-electron chi connectivity index (χ1n) is 7.50. The molecule has 0 aromatic carbocycles. The predicted octanol–water partition coefficient (Wildman–Crippen LogP) is 2.73. The van der Waals surface area contributed by atoms with Gasteiger partial charge in [0.15, 0.2) is 0 Å². The molecule has 0 rings (SSSR count). The molecule has 0 aliphatic rings. The van der Waals surface area contributed by atoms with E-state index >= 15 is 0 Å². The Balaban J connectivity index is 3.87. The van der Waals surface area contributed by atoms with Gasteiger partial charge in [0, 0.05) is 13.7 Å². The van der Waals surface area contributed by atoms with Crippen LogP contribution in [0.15, 0.2) is 0 Å². The number of rotatable bonds is 14. The van der Waals surface area contributed by atoms with Crippen molar-refractivity contribution in [2.24, 2.45) is 5.41 Å². The van der Waals surface area contributed by atoms with Gasteiger partial charge in [0.2, 0.25) is 0 Å². The van der Waals surface area contributed by atoms with Gasteiger partial charge in [-0.15, -0.1) is 0 Å². The molecule has 20 heavy (non-hydrogen) atoms. The first-order chi connectivity index (χ1) is 9.63. The van der Waals surface area contributed by atoms with Gasteiger partial charge in [0.25, 0.3) is 0 Å². The average Bonchev–Trinajstić information content (AvgIpc) is 2.45. The van der Waals surface area contributed by atoms with Crippen LogP contribution in [-0.4, -0.2) is 51.2 Å². The lowest BCUT2D eigenvalue weighted by Gasteiger charge is -2.28. The van der Waals surface area contributed by atoms with Crippen molar-refractivity contribution in [3.05, 3.63) is 0 Å². The lowest BCUT2D eigenvalue weighted by molar-refractivity contribution is -0.151. The van der Waals surface area contributed by atoms with Crippen molar-refractivity contribution in [3.8, 4) is 0 Å². The van der Waals surface area contributed by atoms with E-state index in [4.69, 9.17) is 14.2 Å². The molecule has 1 N–H and O–H groups in total. The van der Waals surface area contributed by atoms with Gasteiger partial charge >= 0.3 is 5.97 Å². The summed E-state index contributed by atoms with van der Waals surface area (Å²) >= 11 is 0. The van der Waals surface area contributed by atoms with Crippen LogP contribution < -0.4 is 0 Å². The Labute approximate surface area is 122 Å². The van der Waals surface area contributed by atoms with Gasteiger partial charge in [-0.1, -0.05) is 26.7 Å². The molecule has 0 radical (unpaired) electrons. The number of unbranched alkanes of at least 4 members (excludes halogenated alkanes) is 1. The van der Waals surface area contributed by atoms with Gasteiger partial charge in [-0.05, 0) is 19.3 Å². The summed E-state index contributed by atoms with van der Waals surface area (Å²) < 4.78 is 15.6. The fourth-order valence-corrected chi connectivity index (χ4v) is 2.09. The Morgan fingerprint density at radius 2 is 1.60 bits per heavy atom. The Hall–Kier alpha value is -0.650. The first kappa shape index (κ1) is 19.4. The van der Waals surface area contributed by atoms with E-state index in [1.165, 1.54) is 0 Å². The fraction of sp³-hybridized carbons (Fsp3) is 0.933. The third-order valence-corrected chi connectivity index (χ3v) is 3.67. The molecule has 5 heteroatoms. The topological polar surface area (TPSA) is 65.0 Å². The summed E-state index contributed by atoms with van der Waals surface area (Å²) in [6.45, 7) is 6.64. The highest BCUT2D eigenvalue weighted by Crippen LogP contribution is 2.33. The van der Waals surface area contributed by atoms with Crippen molar-refractivity contribution in [3.63, 3.8) is 0 Å². The van der Waals surface area contributed by atoms with E-state index in [0.29, 0.717) is 45.9 Å². The normalized spacial score (nSPS) is 14.2. The molecule has 0 aromatic heterocycles. The molecule has 0 amide bonds. The lowest BCUT2D eigenvalue weighted by atomic mass is 9.77. The minimum Gasteiger partial charge on any atom is -0.481 e. The number of methoxy groups -OCH3 is 1. The van der Waals surface area contributed by atoms with Gasteiger partial charge in [-0.3, -0.25) is 4.79 Å². The maximum Gasteiger partial charge on any atom is 0.309 e. The molecule has 0 fully saturated rings. The minimum atomic E-state index is -0.701. The summed E-state index contributed by atoms with van der Waals surface area (Å²) in [5, 5.41) is 9.46. The minimum absolute atomic E-state index is 0.470. The van der Waals surface area contributed by atoms with Crippen LogP contribution in [0.5, 0.6) is 0 Å². The second-order valence-electron chi connectivity index (χ2n) is 5.01. The average molecular weight is 290 g/mol. The van der Waals surface area contributed by atoms with Gasteiger partial charge in [-0.25, -0.2) is 0 Å². The summed E-state index contributed by atoms with van der Waals surface area (Å²) in [6.07, 6.45) is 3.90. The molecule has 120 valence electrons. The second kappa shape index (κ2) is 12.1. The van der Waals surface area contributed by atoms with Crippen molar-refractivity contribution >= 4 is 5.97 Å². The number of carbonyl (C=O) groups is 1. The predicted molar refractivity (Wildman–Crippen MR) is 78.0 cm³/mol. The molecule has 0 bridgehead atoms. The van der Waals surface area contributed by atoms with Crippen molar-refractivity contribution in [1.29, 1.82) is 0 Å². The van der Waals surface area contributed by atoms with E-state index in [1.54, 1.807) is 7.11 Å². The number of aliphatic carboxylic acids is 1. The summed E-state index contributed by atoms with van der Waals surface area (Å²) in [5.74, 6) is -0.701. The number of ether oxygens (including phenoxy) is 3. The molecule has 0 heterocycles. The van der Waals surface area contributed by atoms with Crippen molar-refractivity contribution in [2.75, 3.05) is 40.1 Å². The van der Waals surface area contributed by atoms with E-state index in [0.717, 1.165) is 19.3 Å². The van der Waals surface area contributed by atoms with Crippen LogP contribution in [0.3, 0.4) is 0 Å². The van der Waals surface area contributed by atoms with Crippen molar-refractivity contribution in [1.82, 2.24) is 0 Å². The van der Waals surface area contributed by atoms with Gasteiger partial charge in [-0.2, -0.15) is 0 Å². The van der Waals surface area contributed by atoms with Crippen molar-refractivity contribution < 1.29 is 24.1 Å². The molecular formula is C15H30O5. The molecule has 1 unspecified atom stereocenters. The number of carboxylic acid groups (broad SMARTS) is 1. The third-order valence-electron chi connectivity index (χ3n) is 3.67. The molecule has 0 aliphatic heterocycles. The SMILES string of the molecule is CCCCC(CC)(CCOCCOCCOC)C(=O)O. The van der Waals surface area contributed by atoms with Gasteiger partial charge < -0.3 is 19.3 Å². The van der Waals surface area contributed by atoms with Crippen LogP contribution in [0.1, 0.15) is 46.0 Å². The Morgan fingerprint density at radius 1 is 1.00 bits per heavy atom. The van der Waals surface area contributed by atoms with Crippen LogP contribution >= 0.6 is 0 Å². The molecule has 1 atom stereocenters. The zero-order chi connectivity index (χ0) is 15.3. The highest BCUT2D eigenvalue weighted by Gasteiger charge is 2.35. The molecule has 0 saturated heterocycles. The molecule has 0 spiro atoms. The quantitative estimate of drug-likeness (QED) is 0.498. The Morgan fingerprint density at radius 3 is 2.10 bits per heavy atom. The molecule has 0 saturated carbocycles. The Bertz CT molecular complexity index is 244. The number of carboxylic acids is 1. The number of hydrogen-bond acceptors (Lipinski definition) is 4. The van der Waals surface area contributed by atoms with Crippen molar-refractivity contribution in [2.45, 2.75) is 46.0 Å². The molecular weight excluding hydrogens is 260 g/mol. The standard InChI is InChI=1S/C15H30O5/c1-4-6-7-15(5-2,14(16)17)8-9-19-12-13-20-11-10-18-3/h4-13H2,1-3H3,(H,16,17). The summed E-state index contributed by atoms with van der Waals surface area (Å²) in [7, 11) is 1.63. The van der Waals surface area contributed by atoms with Gasteiger partial charge in [0.05, 0.1) is 31.8 Å². The van der Waals surface area contributed by atoms with E-state index in [2.05, 4.69) is 6.92 Å². The largest absolute Gasteiger partial charge is 0.481 e. The first-order valence-corrected chi connectivity index (χ1v) is 7.50. The maximum atomic E-state index is 11.5. The molecule has 5 nitrogen and oxygen atoms in total. The van der Waals surface area contributed by atoms with Gasteiger partial charge in [0.1, 0.15) is 0 Å². The zero-order valence-corrected chi connectivity index (χ0v) is 13.2. The van der Waals surface area contributed by atoms with Crippen LogP contribution in [0, 0.1) is 5.41 Å². The van der Waals surface area contributed by atoms with E-state index in [1.807, 2.05) is 6.92 Å². The van der Waals surface area contributed by atoms with Crippen LogP contribution in [0.25, 0.3) is 0 Å². The summed E-state index contributed by atoms with van der Waals surface area (Å²) in [4.78, 5) is 11.5. The maximum absolute atomic E-state index is 11.5. The number of hydrogen-bond donors (Lipinski definition) is 1. The monoisotopic (exact) mass is 290 g/mol. The van der Waals surface area contributed by atoms with Crippen LogP contribution in [0.2, 0.25) is 0 Å². The van der Waals surface area contributed by atoms with E-state index in [9.17, 15) is 9.90 Å². The Kier molecular flexibility index (Phi) is 11.7. The van der Waals surface area contributed by atoms with E-state index < -0.39 is 11.4 Å². The van der Waals surface area contributed by atoms with Crippen LogP contribution in [-0.2, 0) is 19.0 Å². The van der Waals surface area contributed by atoms with E-state index in [-0.39, 0.29) is 0 Å². The highest BCUT2D eigenvalue weighted by molar-refractivity contribution is 5.74. The molecule has 0 aromatic rings. The smallest absolute Gasteiger partial charge is 0.309 e. The molecule has 0 aliphatic carbocycles. The lowest BCUT2D eigenvalue weighted by Crippen LogP contribution is -2.32. The third kappa shape index (κ3) is 7.82. The summed E-state index contributed by atoms with van der Waals surface area (Å²) in [6, 6.07) is 0.